The molecule has 7 nitrogen and oxygen atoms in total. The fourth-order valence-corrected chi connectivity index (χ4v) is 3.85. The average molecular weight is 454 g/mol. The Morgan fingerprint density at radius 1 is 1.00 bits per heavy atom. The van der Waals surface area contributed by atoms with E-state index >= 15 is 0 Å². The van der Waals surface area contributed by atoms with E-state index in [1.807, 2.05) is 47.1 Å². The molecule has 1 fully saturated rings. The third-order valence-corrected chi connectivity index (χ3v) is 5.63. The van der Waals surface area contributed by atoms with Gasteiger partial charge in [-0.3, -0.25) is 0 Å². The summed E-state index contributed by atoms with van der Waals surface area (Å²) in [6.07, 6.45) is 5.60. The van der Waals surface area contributed by atoms with Crippen LogP contribution in [0.25, 0.3) is 16.9 Å². The minimum Gasteiger partial charge on any atom is -0.366 e. The van der Waals surface area contributed by atoms with Crippen molar-refractivity contribution in [3.8, 4) is 11.3 Å². The molecule has 5 rings (SSSR count). The van der Waals surface area contributed by atoms with Crippen molar-refractivity contribution in [1.29, 1.82) is 0 Å². The molecular formula is C23H25ClFN7. The summed E-state index contributed by atoms with van der Waals surface area (Å²) in [5, 5.41) is 11.3. The molecule has 0 unspecified atom stereocenters. The summed E-state index contributed by atoms with van der Waals surface area (Å²) in [5.74, 6) is 0.670. The highest BCUT2D eigenvalue weighted by molar-refractivity contribution is 5.85. The second-order valence-corrected chi connectivity index (χ2v) is 7.89. The number of hydrogen-bond donors (Lipinski definition) is 2. The monoisotopic (exact) mass is 453 g/mol. The lowest BCUT2D eigenvalue weighted by molar-refractivity contribution is 0.263. The molecule has 2 N–H and O–H groups in total. The first-order chi connectivity index (χ1) is 15.2. The summed E-state index contributed by atoms with van der Waals surface area (Å²) in [7, 11) is 2.16. The van der Waals surface area contributed by atoms with Gasteiger partial charge in [-0.1, -0.05) is 12.1 Å². The second-order valence-electron chi connectivity index (χ2n) is 7.89. The first-order valence-corrected chi connectivity index (χ1v) is 10.4. The molecule has 0 bridgehead atoms. The van der Waals surface area contributed by atoms with Gasteiger partial charge in [0.2, 0.25) is 0 Å². The molecule has 0 aliphatic carbocycles. The topological polar surface area (TPSA) is 70.4 Å². The third kappa shape index (κ3) is 4.66. The van der Waals surface area contributed by atoms with E-state index in [4.69, 9.17) is 5.10 Å². The summed E-state index contributed by atoms with van der Waals surface area (Å²) >= 11 is 0. The molecule has 4 aromatic rings. The van der Waals surface area contributed by atoms with E-state index in [9.17, 15) is 4.39 Å². The number of imidazole rings is 1. The Kier molecular flexibility index (Phi) is 6.53. The SMILES string of the molecule is CN1CCC(Nc2ccc3ncc(-c4ccc(Nc5ncccc5F)cc4)n3n2)CC1.Cl. The van der Waals surface area contributed by atoms with Crippen molar-refractivity contribution in [3.63, 3.8) is 0 Å². The molecular weight excluding hydrogens is 429 g/mol. The van der Waals surface area contributed by atoms with Gasteiger partial charge in [0.25, 0.3) is 0 Å². The van der Waals surface area contributed by atoms with Crippen LogP contribution >= 0.6 is 12.4 Å². The fourth-order valence-electron chi connectivity index (χ4n) is 3.85. The normalized spacial score (nSPS) is 14.8. The van der Waals surface area contributed by atoms with Gasteiger partial charge >= 0.3 is 0 Å². The minimum atomic E-state index is -0.387. The number of likely N-dealkylation sites (tertiary alicyclic amines) is 1. The summed E-state index contributed by atoms with van der Waals surface area (Å²) in [6, 6.07) is 15.1. The highest BCUT2D eigenvalue weighted by Crippen LogP contribution is 2.25. The Morgan fingerprint density at radius 3 is 2.53 bits per heavy atom. The van der Waals surface area contributed by atoms with Crippen molar-refractivity contribution < 1.29 is 4.39 Å². The molecule has 1 saturated heterocycles. The van der Waals surface area contributed by atoms with Gasteiger partial charge in [0.05, 0.1) is 11.9 Å². The number of benzene rings is 1. The molecule has 166 valence electrons. The number of halogens is 2. The van der Waals surface area contributed by atoms with Crippen LogP contribution in [0.15, 0.2) is 60.9 Å². The lowest BCUT2D eigenvalue weighted by Gasteiger charge is -2.29. The van der Waals surface area contributed by atoms with Gasteiger partial charge < -0.3 is 15.5 Å². The Balaban J connectivity index is 0.00000245. The van der Waals surface area contributed by atoms with Gasteiger partial charge in [0.1, 0.15) is 5.82 Å². The van der Waals surface area contributed by atoms with Crippen LogP contribution in [-0.4, -0.2) is 50.7 Å². The molecule has 0 spiro atoms. The molecule has 0 radical (unpaired) electrons. The van der Waals surface area contributed by atoms with Gasteiger partial charge in [0.15, 0.2) is 17.3 Å². The second kappa shape index (κ2) is 9.50. The first-order valence-electron chi connectivity index (χ1n) is 10.4. The van der Waals surface area contributed by atoms with Crippen LogP contribution in [0.3, 0.4) is 0 Å². The lowest BCUT2D eigenvalue weighted by atomic mass is 10.1. The number of piperidine rings is 1. The van der Waals surface area contributed by atoms with Gasteiger partial charge in [-0.05, 0) is 69.4 Å². The summed E-state index contributed by atoms with van der Waals surface area (Å²) in [5.41, 5.74) is 3.43. The van der Waals surface area contributed by atoms with Crippen LogP contribution in [-0.2, 0) is 0 Å². The van der Waals surface area contributed by atoms with Crippen molar-refractivity contribution in [2.45, 2.75) is 18.9 Å². The van der Waals surface area contributed by atoms with Gasteiger partial charge in [-0.25, -0.2) is 18.9 Å². The average Bonchev–Trinajstić information content (AvgIpc) is 3.21. The molecule has 0 saturated carbocycles. The predicted octanol–water partition coefficient (Wildman–Crippen LogP) is 4.60. The number of hydrogen-bond acceptors (Lipinski definition) is 6. The maximum absolute atomic E-state index is 13.8. The summed E-state index contributed by atoms with van der Waals surface area (Å²) < 4.78 is 15.7. The standard InChI is InChI=1S/C23H24FN7.ClH/c1-30-13-10-18(11-14-30)27-21-8-9-22-26-15-20(31(22)29-21)16-4-6-17(7-5-16)28-23-19(24)3-2-12-25-23;/h2-9,12,15,18H,10-11,13-14H2,1H3,(H,25,28)(H,27,29);1H. The van der Waals surface area contributed by atoms with E-state index < -0.39 is 0 Å². The Morgan fingerprint density at radius 2 is 1.78 bits per heavy atom. The van der Waals surface area contributed by atoms with E-state index in [1.54, 1.807) is 12.3 Å². The van der Waals surface area contributed by atoms with E-state index in [2.05, 4.69) is 32.5 Å². The molecule has 0 amide bonds. The zero-order valence-electron chi connectivity index (χ0n) is 17.7. The molecule has 9 heteroatoms. The summed E-state index contributed by atoms with van der Waals surface area (Å²) in [6.45, 7) is 2.19. The Bertz CT molecular complexity index is 1190. The van der Waals surface area contributed by atoms with E-state index in [1.165, 1.54) is 6.07 Å². The van der Waals surface area contributed by atoms with Crippen LogP contribution in [0.5, 0.6) is 0 Å². The van der Waals surface area contributed by atoms with Crippen molar-refractivity contribution in [3.05, 3.63) is 66.7 Å². The fraction of sp³-hybridized carbons (Fsp3) is 0.261. The van der Waals surface area contributed by atoms with Crippen LogP contribution < -0.4 is 10.6 Å². The lowest BCUT2D eigenvalue weighted by Crippen LogP contribution is -2.36. The molecule has 32 heavy (non-hydrogen) atoms. The number of rotatable bonds is 5. The van der Waals surface area contributed by atoms with Gasteiger partial charge in [-0.2, -0.15) is 0 Å². The molecule has 1 aliphatic rings. The highest BCUT2D eigenvalue weighted by atomic mass is 35.5. The number of aromatic nitrogens is 4. The van der Waals surface area contributed by atoms with Crippen molar-refractivity contribution in [2.75, 3.05) is 30.8 Å². The van der Waals surface area contributed by atoms with E-state index in [0.29, 0.717) is 6.04 Å². The van der Waals surface area contributed by atoms with Crippen molar-refractivity contribution >= 4 is 35.4 Å². The Hall–Kier alpha value is -3.23. The quantitative estimate of drug-likeness (QED) is 0.460. The third-order valence-electron chi connectivity index (χ3n) is 5.63. The zero-order chi connectivity index (χ0) is 21.2. The maximum Gasteiger partial charge on any atom is 0.166 e. The van der Waals surface area contributed by atoms with E-state index in [0.717, 1.165) is 54.3 Å². The number of nitrogens with one attached hydrogen (secondary N) is 2. The predicted molar refractivity (Wildman–Crippen MR) is 127 cm³/mol. The van der Waals surface area contributed by atoms with Crippen LogP contribution in [0, 0.1) is 5.82 Å². The van der Waals surface area contributed by atoms with Crippen LogP contribution in [0.1, 0.15) is 12.8 Å². The van der Waals surface area contributed by atoms with Gasteiger partial charge in [0, 0.05) is 23.5 Å². The van der Waals surface area contributed by atoms with Crippen molar-refractivity contribution in [1.82, 2.24) is 24.5 Å². The molecule has 4 heterocycles. The maximum atomic E-state index is 13.8. The van der Waals surface area contributed by atoms with Crippen LogP contribution in [0.2, 0.25) is 0 Å². The molecule has 0 atom stereocenters. The first kappa shape index (κ1) is 22.0. The van der Waals surface area contributed by atoms with Crippen molar-refractivity contribution in [2.24, 2.45) is 0 Å². The highest BCUT2D eigenvalue weighted by Gasteiger charge is 2.17. The molecule has 3 aromatic heterocycles. The largest absolute Gasteiger partial charge is 0.366 e. The Labute approximate surface area is 192 Å². The molecule has 1 aromatic carbocycles. The molecule has 1 aliphatic heterocycles. The minimum absolute atomic E-state index is 0. The number of nitrogens with zero attached hydrogens (tertiary/aromatic N) is 5. The number of pyridine rings is 1. The number of anilines is 3. The number of fused-ring (bicyclic) bond motifs is 1. The summed E-state index contributed by atoms with van der Waals surface area (Å²) in [4.78, 5) is 10.9. The van der Waals surface area contributed by atoms with Crippen LogP contribution in [0.4, 0.5) is 21.7 Å². The van der Waals surface area contributed by atoms with Gasteiger partial charge in [-0.15, -0.1) is 17.5 Å². The smallest absolute Gasteiger partial charge is 0.166 e. The van der Waals surface area contributed by atoms with E-state index in [-0.39, 0.29) is 24.0 Å². The zero-order valence-corrected chi connectivity index (χ0v) is 18.5.